The molecule has 0 saturated heterocycles. The quantitative estimate of drug-likeness (QED) is 0.0800. The molecule has 0 unspecified atom stereocenters. The minimum absolute atomic E-state index is 0. The minimum Gasteiger partial charge on any atom is -0.871 e. The second-order valence-corrected chi connectivity index (χ2v) is 13.7. The van der Waals surface area contributed by atoms with E-state index in [1.807, 2.05) is 0 Å². The van der Waals surface area contributed by atoms with E-state index < -0.39 is 41.5 Å². The number of ether oxygens (including phenoxy) is 2. The molecule has 19 heteroatoms. The fourth-order valence-electron chi connectivity index (χ4n) is 5.42. The Labute approximate surface area is 347 Å². The number of benzene rings is 6. The third kappa shape index (κ3) is 8.49. The molecule has 53 heavy (non-hydrogen) atoms. The van der Waals surface area contributed by atoms with Gasteiger partial charge in [-0.2, -0.15) is 27.1 Å². The van der Waals surface area contributed by atoms with Crippen LogP contribution in [0.3, 0.4) is 0 Å². The van der Waals surface area contributed by atoms with Crippen molar-refractivity contribution in [1.29, 1.82) is 0 Å². The predicted molar refractivity (Wildman–Crippen MR) is 184 cm³/mol. The maximum absolute atomic E-state index is 13.2. The van der Waals surface area contributed by atoms with E-state index in [1.165, 1.54) is 50.6 Å². The number of nitrogen functional groups attached to an aromatic ring is 1. The molecule has 6 rings (SSSR count). The van der Waals surface area contributed by atoms with Gasteiger partial charge >= 0.3 is 59.1 Å². The molecule has 0 spiro atoms. The molecule has 0 aliphatic rings. The van der Waals surface area contributed by atoms with E-state index in [9.17, 15) is 36.2 Å². The Morgan fingerprint density at radius 1 is 0.623 bits per heavy atom. The van der Waals surface area contributed by atoms with Crippen LogP contribution in [0.2, 0.25) is 0 Å². The molecule has 0 saturated carbocycles. The molecule has 0 amide bonds. The van der Waals surface area contributed by atoms with Crippen molar-refractivity contribution in [2.45, 2.75) is 9.79 Å². The monoisotopic (exact) mass is 773 g/mol. The third-order valence-corrected chi connectivity index (χ3v) is 9.63. The van der Waals surface area contributed by atoms with Crippen molar-refractivity contribution in [3.8, 4) is 34.1 Å². The van der Waals surface area contributed by atoms with Crippen LogP contribution in [0, 0.1) is 0 Å². The van der Waals surface area contributed by atoms with Crippen molar-refractivity contribution in [1.82, 2.24) is 0 Å². The molecule has 0 fully saturated rings. The number of nitrogens with zero attached hydrogens (tertiary/aromatic N) is 4. The fraction of sp³-hybridized carbons (Fsp3) is 0.0588. The summed E-state index contributed by atoms with van der Waals surface area (Å²) < 4.78 is 78.0. The van der Waals surface area contributed by atoms with Crippen LogP contribution in [0.5, 0.6) is 23.0 Å². The van der Waals surface area contributed by atoms with Gasteiger partial charge in [0.25, 0.3) is 20.2 Å². The van der Waals surface area contributed by atoms with Crippen LogP contribution in [0.1, 0.15) is 0 Å². The van der Waals surface area contributed by atoms with Crippen LogP contribution in [0.15, 0.2) is 121 Å². The molecule has 0 bridgehead atoms. The van der Waals surface area contributed by atoms with Gasteiger partial charge in [0.1, 0.15) is 32.7 Å². The summed E-state index contributed by atoms with van der Waals surface area (Å²) in [4.78, 5) is -0.941. The van der Waals surface area contributed by atoms with Gasteiger partial charge in [0.05, 0.1) is 25.6 Å². The van der Waals surface area contributed by atoms with Gasteiger partial charge in [-0.05, 0) is 65.0 Å². The molecular weight excluding hydrogens is 749 g/mol. The zero-order chi connectivity index (χ0) is 36.7. The molecule has 15 nitrogen and oxygen atoms in total. The Hall–Kier alpha value is -4.14. The molecule has 260 valence electrons. The predicted octanol–water partition coefficient (Wildman–Crippen LogP) is 0.739. The third-order valence-electron chi connectivity index (χ3n) is 7.82. The standard InChI is InChI=1S/C34H27N5O10S2.2Na/c1-48-27-16-19(6-11-23(27)36-38-25-13-9-21-29(50(42,43)44)15-10-22(35)32(21)34(25)41)20-7-12-24(28(17-20)49-2)37-39-33-26(40)14-8-18-4-3-5-30(31(18)33)51(45,46)47;;/h3-17,40-41H,35H2,1-2H3,(H,42,43,44)(H,45,46,47);;/q;2*+1/p-2. The Morgan fingerprint density at radius 2 is 1.17 bits per heavy atom. The maximum atomic E-state index is 13.2. The average Bonchev–Trinajstić information content (AvgIpc) is 3.09. The number of hydrogen-bond acceptors (Lipinski definition) is 13. The average molecular weight is 774 g/mol. The molecule has 6 aromatic rings. The van der Waals surface area contributed by atoms with E-state index in [-0.39, 0.29) is 115 Å². The summed E-state index contributed by atoms with van der Waals surface area (Å²) >= 11 is 0. The normalized spacial score (nSPS) is 11.8. The van der Waals surface area contributed by atoms with Crippen molar-refractivity contribution in [3.63, 3.8) is 0 Å². The van der Waals surface area contributed by atoms with Crippen molar-refractivity contribution < 1.29 is 105 Å². The van der Waals surface area contributed by atoms with Crippen molar-refractivity contribution >= 4 is 70.2 Å². The van der Waals surface area contributed by atoms with Crippen LogP contribution >= 0.6 is 0 Å². The molecule has 0 heterocycles. The number of azo groups is 2. The van der Waals surface area contributed by atoms with Gasteiger partial charge in [-0.3, -0.25) is 9.11 Å². The number of hydrogen-bond donors (Lipinski definition) is 3. The second kappa shape index (κ2) is 16.5. The van der Waals surface area contributed by atoms with Crippen molar-refractivity contribution in [3.05, 3.63) is 91.0 Å². The number of anilines is 1. The van der Waals surface area contributed by atoms with Gasteiger partial charge in [-0.1, -0.05) is 54.0 Å². The number of methoxy groups -OCH3 is 2. The van der Waals surface area contributed by atoms with E-state index in [0.29, 0.717) is 16.5 Å². The Morgan fingerprint density at radius 3 is 1.74 bits per heavy atom. The zero-order valence-corrected chi connectivity index (χ0v) is 34.1. The first-order valence-corrected chi connectivity index (χ1v) is 17.5. The molecule has 0 aliphatic heterocycles. The minimum atomic E-state index is -4.68. The van der Waals surface area contributed by atoms with Gasteiger partial charge in [-0.25, -0.2) is 0 Å². The van der Waals surface area contributed by atoms with Crippen LogP contribution in [0.4, 0.5) is 28.4 Å². The molecule has 4 N–H and O–H groups in total. The summed E-state index contributed by atoms with van der Waals surface area (Å²) in [7, 11) is -6.48. The first-order chi connectivity index (χ1) is 24.2. The molecule has 6 aromatic carbocycles. The first kappa shape index (κ1) is 41.6. The van der Waals surface area contributed by atoms with Gasteiger partial charge in [0.15, 0.2) is 0 Å². The van der Waals surface area contributed by atoms with E-state index in [0.717, 1.165) is 12.1 Å². The molecular formula is C34H25N5Na2O10S2. The van der Waals surface area contributed by atoms with Crippen LogP contribution in [-0.2, 0) is 20.2 Å². The summed E-state index contributed by atoms with van der Waals surface area (Å²) in [6, 6.07) is 21.6. The maximum Gasteiger partial charge on any atom is 1.00 e. The number of fused-ring (bicyclic) bond motifs is 2. The van der Waals surface area contributed by atoms with E-state index in [1.54, 1.807) is 42.5 Å². The molecule has 0 radical (unpaired) electrons. The second-order valence-electron chi connectivity index (χ2n) is 10.9. The largest absolute Gasteiger partial charge is 1.00 e. The summed E-state index contributed by atoms with van der Waals surface area (Å²) in [5.74, 6) is -0.749. The summed E-state index contributed by atoms with van der Waals surface area (Å²) in [5, 5.41) is 42.4. The van der Waals surface area contributed by atoms with Gasteiger partial charge in [0.2, 0.25) is 0 Å². The fourth-order valence-corrected chi connectivity index (χ4v) is 6.83. The Kier molecular flexibility index (Phi) is 12.9. The zero-order valence-electron chi connectivity index (χ0n) is 28.5. The van der Waals surface area contributed by atoms with Crippen LogP contribution in [-0.4, -0.2) is 40.2 Å². The summed E-state index contributed by atoms with van der Waals surface area (Å²) in [6.07, 6.45) is 0. The van der Waals surface area contributed by atoms with Gasteiger partial charge in [-0.15, -0.1) is 10.2 Å². The van der Waals surface area contributed by atoms with Crippen LogP contribution < -0.4 is 84.5 Å². The molecule has 0 atom stereocenters. The van der Waals surface area contributed by atoms with Crippen molar-refractivity contribution in [2.24, 2.45) is 20.5 Å². The Bertz CT molecular complexity index is 2680. The van der Waals surface area contributed by atoms with E-state index in [4.69, 9.17) is 15.2 Å². The van der Waals surface area contributed by atoms with E-state index in [2.05, 4.69) is 20.5 Å². The van der Waals surface area contributed by atoms with Gasteiger partial charge in [0, 0.05) is 21.8 Å². The topological polar surface area (TPSA) is 249 Å². The smallest absolute Gasteiger partial charge is 0.871 e. The summed E-state index contributed by atoms with van der Waals surface area (Å²) in [6.45, 7) is 0. The number of nitrogens with two attached hydrogens (primary N) is 1. The van der Waals surface area contributed by atoms with Gasteiger partial charge < -0.3 is 25.4 Å². The molecule has 0 aliphatic carbocycles. The van der Waals surface area contributed by atoms with Crippen LogP contribution in [0.25, 0.3) is 32.7 Å². The summed E-state index contributed by atoms with van der Waals surface area (Å²) in [5.41, 5.74) is 7.31. The Balaban J connectivity index is 0.00000314. The first-order valence-electron chi connectivity index (χ1n) is 14.6. The molecule has 0 aromatic heterocycles. The SMILES string of the molecule is COc1cc(-c2ccc(N=Nc3c([O-])ccc4cccc(S(=O)(=O)O)c34)c(OC)c2)ccc1N=Nc1ccc2c(S(=O)(=O)O)ccc(N)c2c1[O-].[Na+].[Na+]. The van der Waals surface area contributed by atoms with E-state index >= 15 is 0 Å². The number of rotatable bonds is 9. The van der Waals surface area contributed by atoms with Crippen molar-refractivity contribution in [2.75, 3.05) is 20.0 Å².